The van der Waals surface area contributed by atoms with Gasteiger partial charge in [-0.25, -0.2) is 0 Å². The Morgan fingerprint density at radius 2 is 2.15 bits per heavy atom. The number of ether oxygens (including phenoxy) is 1. The van der Waals surface area contributed by atoms with Crippen molar-refractivity contribution in [3.05, 3.63) is 34.1 Å². The minimum Gasteiger partial charge on any atom is -0.381 e. The lowest BCUT2D eigenvalue weighted by atomic mass is 9.98. The van der Waals surface area contributed by atoms with E-state index >= 15 is 0 Å². The van der Waals surface area contributed by atoms with Gasteiger partial charge in [-0.3, -0.25) is 9.88 Å². The minimum atomic E-state index is 0.709. The monoisotopic (exact) mass is 336 g/mol. The van der Waals surface area contributed by atoms with Gasteiger partial charge in [0.25, 0.3) is 0 Å². The van der Waals surface area contributed by atoms with Crippen molar-refractivity contribution in [1.29, 1.82) is 0 Å². The number of nitrogens with zero attached hydrogens (tertiary/aromatic N) is 2. The first-order valence-electron chi connectivity index (χ1n) is 7.37. The number of aromatic nitrogens is 1. The van der Waals surface area contributed by atoms with Crippen LogP contribution in [0.5, 0.6) is 0 Å². The molecule has 3 rings (SSSR count). The molecule has 1 aromatic rings. The molecule has 0 N–H and O–H groups in total. The maximum Gasteiger partial charge on any atom is 0.0689 e. The van der Waals surface area contributed by atoms with E-state index in [1.165, 1.54) is 29.7 Å². The van der Waals surface area contributed by atoms with E-state index in [4.69, 9.17) is 4.74 Å². The van der Waals surface area contributed by atoms with Gasteiger partial charge in [-0.15, -0.1) is 0 Å². The van der Waals surface area contributed by atoms with Crippen LogP contribution in [0.4, 0.5) is 0 Å². The van der Waals surface area contributed by atoms with Crippen LogP contribution in [0.25, 0.3) is 5.57 Å². The predicted molar refractivity (Wildman–Crippen MR) is 84.7 cm³/mol. The van der Waals surface area contributed by atoms with Crippen molar-refractivity contribution >= 4 is 21.5 Å². The van der Waals surface area contributed by atoms with E-state index in [1.807, 2.05) is 6.20 Å². The number of hydrogen-bond acceptors (Lipinski definition) is 3. The fourth-order valence-corrected chi connectivity index (χ4v) is 3.60. The normalized spacial score (nSPS) is 21.8. The second-order valence-electron chi connectivity index (χ2n) is 5.64. The highest BCUT2D eigenvalue weighted by molar-refractivity contribution is 9.10. The second-order valence-corrected chi connectivity index (χ2v) is 6.55. The third kappa shape index (κ3) is 3.13. The van der Waals surface area contributed by atoms with E-state index < -0.39 is 0 Å². The Hall–Kier alpha value is -0.710. The Morgan fingerprint density at radius 1 is 1.35 bits per heavy atom. The highest BCUT2D eigenvalue weighted by Gasteiger charge is 2.23. The van der Waals surface area contributed by atoms with Crippen molar-refractivity contribution in [2.24, 2.45) is 0 Å². The first-order chi connectivity index (χ1) is 9.74. The molecular formula is C16H21BrN2O. The van der Waals surface area contributed by atoms with Crippen LogP contribution >= 0.6 is 15.9 Å². The highest BCUT2D eigenvalue weighted by Crippen LogP contribution is 2.27. The molecule has 0 atom stereocenters. The average Bonchev–Trinajstić information content (AvgIpc) is 2.48. The van der Waals surface area contributed by atoms with Crippen molar-refractivity contribution in [3.63, 3.8) is 0 Å². The second kappa shape index (κ2) is 6.37. The van der Waals surface area contributed by atoms with Gasteiger partial charge in [-0.2, -0.15) is 0 Å². The molecule has 4 heteroatoms. The van der Waals surface area contributed by atoms with E-state index in [0.717, 1.165) is 37.2 Å². The zero-order valence-electron chi connectivity index (χ0n) is 11.9. The van der Waals surface area contributed by atoms with E-state index in [0.29, 0.717) is 6.04 Å². The fraction of sp³-hybridized carbons (Fsp3) is 0.562. The summed E-state index contributed by atoms with van der Waals surface area (Å²) in [4.78, 5) is 7.18. The number of rotatable bonds is 2. The molecule has 1 saturated heterocycles. The maximum atomic E-state index is 5.45. The predicted octanol–water partition coefficient (Wildman–Crippen LogP) is 3.42. The summed E-state index contributed by atoms with van der Waals surface area (Å²) in [5.74, 6) is 0. The molecule has 0 radical (unpaired) electrons. The lowest BCUT2D eigenvalue weighted by molar-refractivity contribution is 0.0378. The smallest absolute Gasteiger partial charge is 0.0689 e. The number of halogens is 1. The van der Waals surface area contributed by atoms with Gasteiger partial charge in [-0.05, 0) is 59.3 Å². The molecule has 0 spiro atoms. The third-order valence-electron chi connectivity index (χ3n) is 4.30. The largest absolute Gasteiger partial charge is 0.381 e. The van der Waals surface area contributed by atoms with Crippen molar-refractivity contribution in [2.75, 3.05) is 26.3 Å². The lowest BCUT2D eigenvalue weighted by Crippen LogP contribution is -2.41. The van der Waals surface area contributed by atoms with Crippen LogP contribution in [0, 0.1) is 6.92 Å². The molecule has 3 heterocycles. The molecule has 3 nitrogen and oxygen atoms in total. The van der Waals surface area contributed by atoms with Gasteiger partial charge < -0.3 is 4.74 Å². The van der Waals surface area contributed by atoms with Crippen LogP contribution in [0.2, 0.25) is 0 Å². The van der Waals surface area contributed by atoms with Gasteiger partial charge in [0, 0.05) is 43.0 Å². The number of aryl methyl sites for hydroxylation is 1. The molecule has 0 amide bonds. The van der Waals surface area contributed by atoms with E-state index in [9.17, 15) is 0 Å². The van der Waals surface area contributed by atoms with Crippen molar-refractivity contribution < 1.29 is 4.74 Å². The van der Waals surface area contributed by atoms with Gasteiger partial charge in [0.05, 0.1) is 5.69 Å². The quantitative estimate of drug-likeness (QED) is 0.827. The zero-order valence-corrected chi connectivity index (χ0v) is 13.5. The third-order valence-corrected chi connectivity index (χ3v) is 4.73. The van der Waals surface area contributed by atoms with Crippen LogP contribution in [0.1, 0.15) is 30.5 Å². The summed E-state index contributed by atoms with van der Waals surface area (Å²) in [5, 5.41) is 0. The topological polar surface area (TPSA) is 25.4 Å². The Labute approximate surface area is 129 Å². The van der Waals surface area contributed by atoms with Crippen molar-refractivity contribution in [1.82, 2.24) is 9.88 Å². The van der Waals surface area contributed by atoms with Gasteiger partial charge in [0.2, 0.25) is 0 Å². The summed E-state index contributed by atoms with van der Waals surface area (Å²) < 4.78 is 6.51. The Morgan fingerprint density at radius 3 is 2.80 bits per heavy atom. The summed E-state index contributed by atoms with van der Waals surface area (Å²) in [6.07, 6.45) is 7.72. The average molecular weight is 337 g/mol. The Balaban J connectivity index is 1.70. The van der Waals surface area contributed by atoms with Gasteiger partial charge in [0.15, 0.2) is 0 Å². The highest BCUT2D eigenvalue weighted by atomic mass is 79.9. The molecule has 0 saturated carbocycles. The van der Waals surface area contributed by atoms with Crippen LogP contribution < -0.4 is 0 Å². The molecule has 108 valence electrons. The molecule has 0 aromatic carbocycles. The summed E-state index contributed by atoms with van der Waals surface area (Å²) in [7, 11) is 0. The van der Waals surface area contributed by atoms with Crippen LogP contribution in [-0.2, 0) is 4.74 Å². The fourth-order valence-electron chi connectivity index (χ4n) is 3.16. The zero-order chi connectivity index (χ0) is 13.9. The minimum absolute atomic E-state index is 0.709. The van der Waals surface area contributed by atoms with Crippen LogP contribution in [-0.4, -0.2) is 42.2 Å². The summed E-state index contributed by atoms with van der Waals surface area (Å²) in [6.45, 7) is 6.18. The van der Waals surface area contributed by atoms with E-state index in [-0.39, 0.29) is 0 Å². The molecule has 20 heavy (non-hydrogen) atoms. The molecule has 2 aliphatic rings. The number of hydrogen-bond donors (Lipinski definition) is 0. The molecule has 0 aliphatic carbocycles. The molecular weight excluding hydrogens is 316 g/mol. The Bertz CT molecular complexity index is 509. The maximum absolute atomic E-state index is 5.45. The first kappa shape index (κ1) is 14.2. The molecule has 1 fully saturated rings. The Kier molecular flexibility index (Phi) is 4.54. The van der Waals surface area contributed by atoms with Crippen LogP contribution in [0.15, 0.2) is 22.8 Å². The standard InChI is InChI=1S/C16H21BrN2O/c1-12-10-14(17)11-18-16(12)13-2-6-19(7-3-13)15-4-8-20-9-5-15/h2,10-11,15H,3-9H2,1H3. The number of pyridine rings is 1. The van der Waals surface area contributed by atoms with Crippen molar-refractivity contribution in [2.45, 2.75) is 32.2 Å². The molecule has 0 unspecified atom stereocenters. The van der Waals surface area contributed by atoms with Gasteiger partial charge >= 0.3 is 0 Å². The summed E-state index contributed by atoms with van der Waals surface area (Å²) in [6, 6.07) is 2.86. The summed E-state index contributed by atoms with van der Waals surface area (Å²) in [5.41, 5.74) is 3.82. The van der Waals surface area contributed by atoms with E-state index in [2.05, 4.69) is 44.9 Å². The van der Waals surface area contributed by atoms with Crippen molar-refractivity contribution in [3.8, 4) is 0 Å². The van der Waals surface area contributed by atoms with Gasteiger partial charge in [0.1, 0.15) is 0 Å². The summed E-state index contributed by atoms with van der Waals surface area (Å²) >= 11 is 3.48. The van der Waals surface area contributed by atoms with Gasteiger partial charge in [-0.1, -0.05) is 6.08 Å². The van der Waals surface area contributed by atoms with Crippen LogP contribution in [0.3, 0.4) is 0 Å². The SMILES string of the molecule is Cc1cc(Br)cnc1C1=CCN(C2CCOCC2)CC1. The molecule has 1 aromatic heterocycles. The molecule has 2 aliphatic heterocycles. The lowest BCUT2D eigenvalue weighted by Gasteiger charge is -2.36. The first-order valence-corrected chi connectivity index (χ1v) is 8.16. The van der Waals surface area contributed by atoms with E-state index in [1.54, 1.807) is 0 Å². The molecule has 0 bridgehead atoms.